The van der Waals surface area contributed by atoms with Gasteiger partial charge in [-0.15, -0.1) is 0 Å². The number of nitrogen functional groups attached to an aromatic ring is 1. The van der Waals surface area contributed by atoms with Gasteiger partial charge in [-0.1, -0.05) is 18.2 Å². The van der Waals surface area contributed by atoms with E-state index in [0.717, 1.165) is 18.5 Å². The molecular formula is C16H15N5O2. The minimum absolute atomic E-state index is 0.225. The Balaban J connectivity index is 1.62. The summed E-state index contributed by atoms with van der Waals surface area (Å²) in [6, 6.07) is 9.80. The van der Waals surface area contributed by atoms with E-state index in [0.29, 0.717) is 11.4 Å². The third kappa shape index (κ3) is 2.57. The summed E-state index contributed by atoms with van der Waals surface area (Å²) in [6.07, 6.45) is 4.96. The molecule has 7 nitrogen and oxygen atoms in total. The highest BCUT2D eigenvalue weighted by Crippen LogP contribution is 2.27. The van der Waals surface area contributed by atoms with Crippen LogP contribution in [0.15, 0.2) is 47.2 Å². The van der Waals surface area contributed by atoms with Crippen LogP contribution in [0.4, 0.5) is 5.82 Å². The SMILES string of the molecule is Nc1c(-c2nc(C(=O)NC3CC3)co2)cnn1-c1ccccc1. The third-order valence-corrected chi connectivity index (χ3v) is 3.69. The van der Waals surface area contributed by atoms with Crippen LogP contribution in [0.3, 0.4) is 0 Å². The monoisotopic (exact) mass is 309 g/mol. The van der Waals surface area contributed by atoms with Crippen LogP contribution in [-0.2, 0) is 0 Å². The van der Waals surface area contributed by atoms with Gasteiger partial charge in [0.05, 0.1) is 17.4 Å². The summed E-state index contributed by atoms with van der Waals surface area (Å²) in [7, 11) is 0. The van der Waals surface area contributed by atoms with Crippen molar-refractivity contribution < 1.29 is 9.21 Å². The molecule has 1 saturated carbocycles. The predicted octanol–water partition coefficient (Wildman–Crippen LogP) is 2.00. The normalized spacial score (nSPS) is 13.9. The first-order chi connectivity index (χ1) is 11.2. The second kappa shape index (κ2) is 5.28. The Hall–Kier alpha value is -3.09. The molecule has 1 amide bonds. The first-order valence-electron chi connectivity index (χ1n) is 7.38. The maximum atomic E-state index is 12.0. The van der Waals surface area contributed by atoms with Gasteiger partial charge in [-0.05, 0) is 25.0 Å². The number of nitrogens with two attached hydrogens (primary N) is 1. The molecule has 0 atom stereocenters. The first-order valence-corrected chi connectivity index (χ1v) is 7.38. The lowest BCUT2D eigenvalue weighted by molar-refractivity contribution is 0.0946. The fourth-order valence-electron chi connectivity index (χ4n) is 2.29. The molecule has 4 rings (SSSR count). The first kappa shape index (κ1) is 13.6. The van der Waals surface area contributed by atoms with Crippen molar-refractivity contribution >= 4 is 11.7 Å². The number of amides is 1. The van der Waals surface area contributed by atoms with E-state index in [9.17, 15) is 4.79 Å². The molecule has 116 valence electrons. The zero-order chi connectivity index (χ0) is 15.8. The molecule has 2 aromatic heterocycles. The van der Waals surface area contributed by atoms with E-state index in [2.05, 4.69) is 15.4 Å². The van der Waals surface area contributed by atoms with E-state index < -0.39 is 0 Å². The van der Waals surface area contributed by atoms with Crippen molar-refractivity contribution in [3.05, 3.63) is 48.5 Å². The molecule has 0 saturated heterocycles. The summed E-state index contributed by atoms with van der Waals surface area (Å²) in [6.45, 7) is 0. The fourth-order valence-corrected chi connectivity index (χ4v) is 2.29. The number of carbonyl (C=O) groups is 1. The molecular weight excluding hydrogens is 294 g/mol. The number of nitrogens with zero attached hydrogens (tertiary/aromatic N) is 3. The second-order valence-electron chi connectivity index (χ2n) is 5.48. The van der Waals surface area contributed by atoms with Gasteiger partial charge < -0.3 is 15.5 Å². The van der Waals surface area contributed by atoms with Crippen LogP contribution >= 0.6 is 0 Å². The summed E-state index contributed by atoms with van der Waals surface area (Å²) in [5.41, 5.74) is 7.79. The van der Waals surface area contributed by atoms with Gasteiger partial charge in [0.1, 0.15) is 12.1 Å². The molecule has 23 heavy (non-hydrogen) atoms. The molecule has 0 radical (unpaired) electrons. The number of aromatic nitrogens is 3. The molecule has 3 N–H and O–H groups in total. The second-order valence-corrected chi connectivity index (χ2v) is 5.48. The average Bonchev–Trinajstić information content (AvgIpc) is 3.10. The lowest BCUT2D eigenvalue weighted by Gasteiger charge is -2.03. The van der Waals surface area contributed by atoms with Gasteiger partial charge in [0.15, 0.2) is 5.69 Å². The van der Waals surface area contributed by atoms with Gasteiger partial charge in [-0.25, -0.2) is 9.67 Å². The Bertz CT molecular complexity index is 848. The number of carbonyl (C=O) groups excluding carboxylic acids is 1. The van der Waals surface area contributed by atoms with Gasteiger partial charge in [0, 0.05) is 6.04 Å². The number of oxazole rings is 1. The van der Waals surface area contributed by atoms with Gasteiger partial charge in [-0.3, -0.25) is 4.79 Å². The van der Waals surface area contributed by atoms with Crippen LogP contribution in [0, 0.1) is 0 Å². The zero-order valence-electron chi connectivity index (χ0n) is 12.3. The van der Waals surface area contributed by atoms with E-state index in [1.807, 2.05) is 30.3 Å². The minimum Gasteiger partial charge on any atom is -0.443 e. The summed E-state index contributed by atoms with van der Waals surface area (Å²) in [5, 5.41) is 7.13. The highest BCUT2D eigenvalue weighted by Gasteiger charge is 2.26. The summed E-state index contributed by atoms with van der Waals surface area (Å²) >= 11 is 0. The zero-order valence-corrected chi connectivity index (χ0v) is 12.3. The summed E-state index contributed by atoms with van der Waals surface area (Å²) in [4.78, 5) is 16.2. The van der Waals surface area contributed by atoms with Crippen LogP contribution in [0.1, 0.15) is 23.3 Å². The molecule has 1 aliphatic carbocycles. The maximum Gasteiger partial charge on any atom is 0.273 e. The van der Waals surface area contributed by atoms with E-state index in [1.165, 1.54) is 6.26 Å². The lowest BCUT2D eigenvalue weighted by atomic mass is 10.3. The number of nitrogens with one attached hydrogen (secondary N) is 1. The number of rotatable bonds is 4. The number of anilines is 1. The molecule has 1 fully saturated rings. The van der Waals surface area contributed by atoms with Crippen molar-refractivity contribution in [2.24, 2.45) is 0 Å². The number of hydrogen-bond acceptors (Lipinski definition) is 5. The van der Waals surface area contributed by atoms with Crippen molar-refractivity contribution in [1.29, 1.82) is 0 Å². The predicted molar refractivity (Wildman–Crippen MR) is 84.0 cm³/mol. The molecule has 7 heteroatoms. The van der Waals surface area contributed by atoms with Gasteiger partial charge in [0.25, 0.3) is 5.91 Å². The Morgan fingerprint density at radius 2 is 2.09 bits per heavy atom. The molecule has 0 unspecified atom stereocenters. The fraction of sp³-hybridized carbons (Fsp3) is 0.188. The lowest BCUT2D eigenvalue weighted by Crippen LogP contribution is -2.25. The number of hydrogen-bond donors (Lipinski definition) is 2. The minimum atomic E-state index is -0.225. The van der Waals surface area contributed by atoms with Crippen LogP contribution in [0.2, 0.25) is 0 Å². The van der Waals surface area contributed by atoms with Crippen molar-refractivity contribution in [3.8, 4) is 17.1 Å². The largest absolute Gasteiger partial charge is 0.443 e. The highest BCUT2D eigenvalue weighted by molar-refractivity contribution is 5.93. The number of benzene rings is 1. The molecule has 0 aliphatic heterocycles. The third-order valence-electron chi connectivity index (χ3n) is 3.69. The van der Waals surface area contributed by atoms with Crippen LogP contribution in [-0.4, -0.2) is 26.7 Å². The quantitative estimate of drug-likeness (QED) is 0.768. The van der Waals surface area contributed by atoms with Crippen LogP contribution in [0.5, 0.6) is 0 Å². The van der Waals surface area contributed by atoms with E-state index in [1.54, 1.807) is 10.9 Å². The van der Waals surface area contributed by atoms with E-state index in [4.69, 9.17) is 10.2 Å². The molecule has 2 heterocycles. The smallest absolute Gasteiger partial charge is 0.273 e. The Labute approximate surface area is 132 Å². The van der Waals surface area contributed by atoms with Gasteiger partial charge in [-0.2, -0.15) is 5.10 Å². The Morgan fingerprint density at radius 1 is 1.30 bits per heavy atom. The van der Waals surface area contributed by atoms with Crippen LogP contribution in [0.25, 0.3) is 17.1 Å². The molecule has 0 bridgehead atoms. The summed E-state index contributed by atoms with van der Waals surface area (Å²) in [5.74, 6) is 0.467. The average molecular weight is 309 g/mol. The van der Waals surface area contributed by atoms with Crippen molar-refractivity contribution in [2.45, 2.75) is 18.9 Å². The topological polar surface area (TPSA) is 99.0 Å². The number of para-hydroxylation sites is 1. The molecule has 1 aromatic carbocycles. The van der Waals surface area contributed by atoms with Gasteiger partial charge >= 0.3 is 0 Å². The molecule has 3 aromatic rings. The van der Waals surface area contributed by atoms with Crippen molar-refractivity contribution in [1.82, 2.24) is 20.1 Å². The van der Waals surface area contributed by atoms with Gasteiger partial charge in [0.2, 0.25) is 5.89 Å². The standard InChI is InChI=1S/C16H15N5O2/c17-14-12(8-18-21(14)11-4-2-1-3-5-11)16-20-13(9-23-16)15(22)19-10-6-7-10/h1-5,8-10H,6-7,17H2,(H,19,22). The van der Waals surface area contributed by atoms with E-state index in [-0.39, 0.29) is 23.5 Å². The van der Waals surface area contributed by atoms with Crippen LogP contribution < -0.4 is 11.1 Å². The van der Waals surface area contributed by atoms with E-state index >= 15 is 0 Å². The van der Waals surface area contributed by atoms with Crippen molar-refractivity contribution in [3.63, 3.8) is 0 Å². The Kier molecular flexibility index (Phi) is 3.11. The maximum absolute atomic E-state index is 12.0. The molecule has 1 aliphatic rings. The van der Waals surface area contributed by atoms with Crippen molar-refractivity contribution in [2.75, 3.05) is 5.73 Å². The summed E-state index contributed by atoms with van der Waals surface area (Å²) < 4.78 is 7.00. The highest BCUT2D eigenvalue weighted by atomic mass is 16.3. The molecule has 0 spiro atoms. The Morgan fingerprint density at radius 3 is 2.83 bits per heavy atom.